The van der Waals surface area contributed by atoms with Crippen molar-refractivity contribution in [3.05, 3.63) is 0 Å². The van der Waals surface area contributed by atoms with Crippen molar-refractivity contribution in [3.63, 3.8) is 0 Å². The second-order valence-electron chi connectivity index (χ2n) is 3.10. The topological polar surface area (TPSA) is 23.5 Å². The zero-order valence-electron chi connectivity index (χ0n) is 7.44. The maximum Gasteiger partial charge on any atom is 0.418 e. The lowest BCUT2D eigenvalue weighted by atomic mass is 10.1. The van der Waals surface area contributed by atoms with Crippen LogP contribution in [0.5, 0.6) is 0 Å². The fourth-order valence-electron chi connectivity index (χ4n) is 0.727. The Kier molecular flexibility index (Phi) is 3.53. The SMILES string of the molecule is CCN(C)CC(C)(O)C(F)(F)F. The number of aliphatic hydroxyl groups is 1. The quantitative estimate of drug-likeness (QED) is 0.715. The molecule has 0 aliphatic heterocycles. The summed E-state index contributed by atoms with van der Waals surface area (Å²) in [6.07, 6.45) is -4.56. The third kappa shape index (κ3) is 2.98. The summed E-state index contributed by atoms with van der Waals surface area (Å²) in [5, 5.41) is 8.99. The molecule has 0 aromatic rings. The van der Waals surface area contributed by atoms with Crippen molar-refractivity contribution in [2.75, 3.05) is 20.1 Å². The van der Waals surface area contributed by atoms with E-state index < -0.39 is 18.3 Å². The maximum absolute atomic E-state index is 12.1. The van der Waals surface area contributed by atoms with Crippen molar-refractivity contribution >= 4 is 0 Å². The van der Waals surface area contributed by atoms with Gasteiger partial charge in [-0.25, -0.2) is 0 Å². The molecule has 0 aromatic carbocycles. The molecular weight excluding hydrogens is 171 g/mol. The first-order valence-corrected chi connectivity index (χ1v) is 3.68. The van der Waals surface area contributed by atoms with Gasteiger partial charge in [0.2, 0.25) is 0 Å². The van der Waals surface area contributed by atoms with Crippen LogP contribution in [0.25, 0.3) is 0 Å². The van der Waals surface area contributed by atoms with Gasteiger partial charge in [-0.15, -0.1) is 0 Å². The molecule has 5 heteroatoms. The average Bonchev–Trinajstić information content (AvgIpc) is 1.84. The molecule has 0 aromatic heterocycles. The summed E-state index contributed by atoms with van der Waals surface area (Å²) in [7, 11) is 1.53. The minimum Gasteiger partial charge on any atom is -0.380 e. The van der Waals surface area contributed by atoms with Crippen molar-refractivity contribution in [1.82, 2.24) is 4.90 Å². The van der Waals surface area contributed by atoms with E-state index in [1.807, 2.05) is 0 Å². The molecule has 74 valence electrons. The van der Waals surface area contributed by atoms with Crippen molar-refractivity contribution in [2.24, 2.45) is 0 Å². The van der Waals surface area contributed by atoms with Gasteiger partial charge < -0.3 is 10.0 Å². The average molecular weight is 185 g/mol. The fourth-order valence-corrected chi connectivity index (χ4v) is 0.727. The molecule has 0 aliphatic rings. The molecule has 0 heterocycles. The van der Waals surface area contributed by atoms with Crippen LogP contribution in [0, 0.1) is 0 Å². The summed E-state index contributed by atoms with van der Waals surface area (Å²) >= 11 is 0. The van der Waals surface area contributed by atoms with Crippen LogP contribution in [0.1, 0.15) is 13.8 Å². The van der Waals surface area contributed by atoms with Gasteiger partial charge in [0.25, 0.3) is 0 Å². The lowest BCUT2D eigenvalue weighted by Gasteiger charge is -2.30. The summed E-state index contributed by atoms with van der Waals surface area (Å²) in [6, 6.07) is 0. The molecule has 0 fully saturated rings. The molecule has 0 spiro atoms. The number of hydrogen-bond donors (Lipinski definition) is 1. The molecule has 0 saturated heterocycles. The van der Waals surface area contributed by atoms with E-state index in [0.717, 1.165) is 6.92 Å². The molecule has 0 bridgehead atoms. The van der Waals surface area contributed by atoms with E-state index in [2.05, 4.69) is 0 Å². The van der Waals surface area contributed by atoms with Crippen molar-refractivity contribution in [3.8, 4) is 0 Å². The normalized spacial score (nSPS) is 18.0. The predicted molar refractivity (Wildman–Crippen MR) is 39.8 cm³/mol. The zero-order chi connectivity index (χ0) is 9.99. The summed E-state index contributed by atoms with van der Waals surface area (Å²) in [6.45, 7) is 2.59. The fraction of sp³-hybridized carbons (Fsp3) is 1.00. The number of hydrogen-bond acceptors (Lipinski definition) is 2. The van der Waals surface area contributed by atoms with Crippen LogP contribution in [-0.2, 0) is 0 Å². The molecule has 1 unspecified atom stereocenters. The highest BCUT2D eigenvalue weighted by atomic mass is 19.4. The molecule has 2 nitrogen and oxygen atoms in total. The van der Waals surface area contributed by atoms with Crippen LogP contribution in [-0.4, -0.2) is 41.9 Å². The minimum absolute atomic E-state index is 0.396. The molecule has 12 heavy (non-hydrogen) atoms. The van der Waals surface area contributed by atoms with Crippen molar-refractivity contribution in [1.29, 1.82) is 0 Å². The van der Waals surface area contributed by atoms with Gasteiger partial charge in [0.05, 0.1) is 0 Å². The Morgan fingerprint density at radius 1 is 1.33 bits per heavy atom. The van der Waals surface area contributed by atoms with Gasteiger partial charge in [0.1, 0.15) is 0 Å². The van der Waals surface area contributed by atoms with E-state index in [4.69, 9.17) is 5.11 Å². The van der Waals surface area contributed by atoms with Crippen LogP contribution < -0.4 is 0 Å². The lowest BCUT2D eigenvalue weighted by molar-refractivity contribution is -0.256. The second-order valence-corrected chi connectivity index (χ2v) is 3.10. The van der Waals surface area contributed by atoms with Gasteiger partial charge >= 0.3 is 6.18 Å². The lowest BCUT2D eigenvalue weighted by Crippen LogP contribution is -2.50. The second kappa shape index (κ2) is 3.62. The monoisotopic (exact) mass is 185 g/mol. The van der Waals surface area contributed by atoms with Crippen LogP contribution in [0.4, 0.5) is 13.2 Å². The van der Waals surface area contributed by atoms with Gasteiger partial charge in [-0.2, -0.15) is 13.2 Å². The first kappa shape index (κ1) is 11.7. The number of rotatable bonds is 3. The number of alkyl halides is 3. The summed E-state index contributed by atoms with van der Waals surface area (Å²) in [5.74, 6) is 0. The first-order chi connectivity index (χ1) is 5.20. The highest BCUT2D eigenvalue weighted by Crippen LogP contribution is 2.30. The summed E-state index contributed by atoms with van der Waals surface area (Å²) in [4.78, 5) is 1.41. The number of halogens is 3. The van der Waals surface area contributed by atoms with Gasteiger partial charge in [-0.05, 0) is 20.5 Å². The summed E-state index contributed by atoms with van der Waals surface area (Å²) < 4.78 is 36.2. The van der Waals surface area contributed by atoms with E-state index in [9.17, 15) is 13.2 Å². The van der Waals surface area contributed by atoms with E-state index in [-0.39, 0.29) is 0 Å². The van der Waals surface area contributed by atoms with E-state index >= 15 is 0 Å². The van der Waals surface area contributed by atoms with Crippen molar-refractivity contribution in [2.45, 2.75) is 25.6 Å². The van der Waals surface area contributed by atoms with E-state index in [1.165, 1.54) is 11.9 Å². The van der Waals surface area contributed by atoms with Gasteiger partial charge in [-0.1, -0.05) is 6.92 Å². The summed E-state index contributed by atoms with van der Waals surface area (Å²) in [5.41, 5.74) is -2.61. The Morgan fingerprint density at radius 3 is 2.00 bits per heavy atom. The third-order valence-electron chi connectivity index (χ3n) is 1.73. The molecule has 0 saturated carbocycles. The Morgan fingerprint density at radius 2 is 1.75 bits per heavy atom. The van der Waals surface area contributed by atoms with Gasteiger partial charge in [0, 0.05) is 6.54 Å². The van der Waals surface area contributed by atoms with E-state index in [0.29, 0.717) is 6.54 Å². The van der Waals surface area contributed by atoms with Gasteiger partial charge in [-0.3, -0.25) is 0 Å². The van der Waals surface area contributed by atoms with Crippen LogP contribution in [0.2, 0.25) is 0 Å². The molecule has 0 aliphatic carbocycles. The molecule has 1 N–H and O–H groups in total. The van der Waals surface area contributed by atoms with Crippen LogP contribution >= 0.6 is 0 Å². The zero-order valence-corrected chi connectivity index (χ0v) is 7.44. The Bertz CT molecular complexity index is 144. The number of nitrogens with zero attached hydrogens (tertiary/aromatic N) is 1. The number of likely N-dealkylation sites (N-methyl/N-ethyl adjacent to an activating group) is 1. The Hall–Kier alpha value is -0.290. The first-order valence-electron chi connectivity index (χ1n) is 3.68. The minimum atomic E-state index is -4.56. The molecule has 0 amide bonds. The van der Waals surface area contributed by atoms with Gasteiger partial charge in [0.15, 0.2) is 5.60 Å². The predicted octanol–water partition coefficient (Wildman–Crippen LogP) is 1.25. The highest BCUT2D eigenvalue weighted by molar-refractivity contribution is 4.83. The maximum atomic E-state index is 12.1. The molecular formula is C7H14F3NO. The third-order valence-corrected chi connectivity index (χ3v) is 1.73. The van der Waals surface area contributed by atoms with Crippen molar-refractivity contribution < 1.29 is 18.3 Å². The Labute approximate surface area is 70.0 Å². The highest BCUT2D eigenvalue weighted by Gasteiger charge is 2.50. The Balaban J connectivity index is 4.22. The molecule has 0 radical (unpaired) electrons. The smallest absolute Gasteiger partial charge is 0.380 e. The molecule has 1 atom stereocenters. The van der Waals surface area contributed by atoms with Crippen LogP contribution in [0.3, 0.4) is 0 Å². The van der Waals surface area contributed by atoms with E-state index in [1.54, 1.807) is 6.92 Å². The molecule has 0 rings (SSSR count). The largest absolute Gasteiger partial charge is 0.418 e. The standard InChI is InChI=1S/C7H14F3NO/c1-4-11(3)5-6(2,12)7(8,9)10/h12H,4-5H2,1-3H3. The van der Waals surface area contributed by atoms with Crippen LogP contribution in [0.15, 0.2) is 0 Å².